The lowest BCUT2D eigenvalue weighted by molar-refractivity contribution is -0.124. The van der Waals surface area contributed by atoms with E-state index < -0.39 is 0 Å². The van der Waals surface area contributed by atoms with E-state index in [9.17, 15) is 4.79 Å². The van der Waals surface area contributed by atoms with E-state index >= 15 is 0 Å². The molecule has 1 aromatic rings. The van der Waals surface area contributed by atoms with Crippen LogP contribution in [0.2, 0.25) is 0 Å². The Bertz CT molecular complexity index is 519. The molecule has 0 spiro atoms. The van der Waals surface area contributed by atoms with Gasteiger partial charge < -0.3 is 15.0 Å². The van der Waals surface area contributed by atoms with Crippen molar-refractivity contribution in [3.63, 3.8) is 0 Å². The Morgan fingerprint density at radius 1 is 1.55 bits per heavy atom. The number of carbonyl (C=O) groups is 1. The summed E-state index contributed by atoms with van der Waals surface area (Å²) in [4.78, 5) is 18.8. The number of pyridine rings is 1. The van der Waals surface area contributed by atoms with Crippen LogP contribution in [-0.4, -0.2) is 42.7 Å². The number of nitrogens with one attached hydrogen (secondary N) is 1. The van der Waals surface area contributed by atoms with Crippen LogP contribution >= 0.6 is 15.9 Å². The molecule has 2 fully saturated rings. The molecule has 6 heteroatoms. The Morgan fingerprint density at radius 3 is 3.10 bits per heavy atom. The zero-order chi connectivity index (χ0) is 14.1. The molecule has 1 amide bonds. The zero-order valence-corrected chi connectivity index (χ0v) is 13.0. The number of aryl methyl sites for hydroxylation is 1. The Morgan fingerprint density at radius 2 is 2.35 bits per heavy atom. The Hall–Kier alpha value is -1.14. The van der Waals surface area contributed by atoms with E-state index in [4.69, 9.17) is 4.74 Å². The molecule has 0 radical (unpaired) electrons. The second-order valence-electron chi connectivity index (χ2n) is 5.33. The molecule has 1 aromatic heterocycles. The number of nitrogens with zero attached hydrogens (tertiary/aromatic N) is 2. The molecule has 0 aromatic carbocycles. The standard InChI is InChI=1S/C14H18BrN3O2/c1-9-4-5-16-13(12(9)15)18-6-7-20-8-11(18)14(19)17-10-2-3-10/h4-5,10-11H,2-3,6-8H2,1H3,(H,17,19). The van der Waals surface area contributed by atoms with Gasteiger partial charge in [-0.3, -0.25) is 4.79 Å². The lowest BCUT2D eigenvalue weighted by atomic mass is 10.2. The number of rotatable bonds is 3. The summed E-state index contributed by atoms with van der Waals surface area (Å²) in [6.45, 7) is 3.74. The second-order valence-corrected chi connectivity index (χ2v) is 6.13. The number of carbonyl (C=O) groups excluding carboxylic acids is 1. The van der Waals surface area contributed by atoms with Gasteiger partial charge in [0.15, 0.2) is 0 Å². The fraction of sp³-hybridized carbons (Fsp3) is 0.571. The van der Waals surface area contributed by atoms with Crippen LogP contribution in [0.4, 0.5) is 5.82 Å². The molecule has 1 atom stereocenters. The first kappa shape index (κ1) is 13.8. The minimum atomic E-state index is -0.296. The van der Waals surface area contributed by atoms with Crippen LogP contribution in [0.5, 0.6) is 0 Å². The monoisotopic (exact) mass is 339 g/mol. The van der Waals surface area contributed by atoms with E-state index in [1.54, 1.807) is 6.20 Å². The lowest BCUT2D eigenvalue weighted by Crippen LogP contribution is -2.54. The molecule has 0 bridgehead atoms. The molecule has 2 heterocycles. The highest BCUT2D eigenvalue weighted by Crippen LogP contribution is 2.29. The molecule has 2 aliphatic rings. The maximum atomic E-state index is 12.4. The van der Waals surface area contributed by atoms with Gasteiger partial charge in [0.05, 0.1) is 17.7 Å². The molecular formula is C14H18BrN3O2. The van der Waals surface area contributed by atoms with Crippen LogP contribution in [0.1, 0.15) is 18.4 Å². The van der Waals surface area contributed by atoms with E-state index in [1.165, 1.54) is 0 Å². The highest BCUT2D eigenvalue weighted by Gasteiger charge is 2.34. The van der Waals surface area contributed by atoms with Crippen molar-refractivity contribution in [3.05, 3.63) is 22.3 Å². The van der Waals surface area contributed by atoms with Crippen LogP contribution < -0.4 is 10.2 Å². The van der Waals surface area contributed by atoms with Crippen LogP contribution in [0.25, 0.3) is 0 Å². The van der Waals surface area contributed by atoms with Crippen molar-refractivity contribution in [2.24, 2.45) is 0 Å². The third kappa shape index (κ3) is 2.81. The first-order chi connectivity index (χ1) is 9.66. The lowest BCUT2D eigenvalue weighted by Gasteiger charge is -2.36. The average molecular weight is 340 g/mol. The first-order valence-electron chi connectivity index (χ1n) is 6.92. The average Bonchev–Trinajstić information content (AvgIpc) is 3.26. The van der Waals surface area contributed by atoms with Gasteiger partial charge in [0.2, 0.25) is 5.91 Å². The molecule has 3 rings (SSSR count). The summed E-state index contributed by atoms with van der Waals surface area (Å²) >= 11 is 3.58. The summed E-state index contributed by atoms with van der Waals surface area (Å²) < 4.78 is 6.43. The number of aromatic nitrogens is 1. The van der Waals surface area contributed by atoms with Gasteiger partial charge in [-0.2, -0.15) is 0 Å². The summed E-state index contributed by atoms with van der Waals surface area (Å²) in [5, 5.41) is 3.05. The van der Waals surface area contributed by atoms with Gasteiger partial charge >= 0.3 is 0 Å². The largest absolute Gasteiger partial charge is 0.377 e. The number of anilines is 1. The van der Waals surface area contributed by atoms with Crippen molar-refractivity contribution < 1.29 is 9.53 Å². The number of hydrogen-bond acceptors (Lipinski definition) is 4. The number of ether oxygens (including phenoxy) is 1. The number of morpholine rings is 1. The maximum absolute atomic E-state index is 12.4. The third-order valence-electron chi connectivity index (χ3n) is 3.69. The number of halogens is 1. The van der Waals surface area contributed by atoms with E-state index in [0.29, 0.717) is 25.8 Å². The van der Waals surface area contributed by atoms with Crippen molar-refractivity contribution >= 4 is 27.7 Å². The highest BCUT2D eigenvalue weighted by molar-refractivity contribution is 9.10. The fourth-order valence-corrected chi connectivity index (χ4v) is 2.79. The predicted molar refractivity (Wildman–Crippen MR) is 79.8 cm³/mol. The normalized spacial score (nSPS) is 22.7. The Kier molecular flexibility index (Phi) is 3.94. The number of hydrogen-bond donors (Lipinski definition) is 1. The van der Waals surface area contributed by atoms with Crippen molar-refractivity contribution in [2.45, 2.75) is 31.8 Å². The third-order valence-corrected chi connectivity index (χ3v) is 4.67. The second kappa shape index (κ2) is 5.69. The molecule has 1 aliphatic carbocycles. The summed E-state index contributed by atoms with van der Waals surface area (Å²) in [6.07, 6.45) is 3.96. The molecule has 1 N–H and O–H groups in total. The molecule has 20 heavy (non-hydrogen) atoms. The van der Waals surface area contributed by atoms with Crippen LogP contribution in [0.3, 0.4) is 0 Å². The molecule has 5 nitrogen and oxygen atoms in total. The zero-order valence-electron chi connectivity index (χ0n) is 11.4. The van der Waals surface area contributed by atoms with Crippen molar-refractivity contribution in [3.8, 4) is 0 Å². The number of amides is 1. The van der Waals surface area contributed by atoms with Crippen molar-refractivity contribution in [1.29, 1.82) is 0 Å². The van der Waals surface area contributed by atoms with Gasteiger partial charge in [0.25, 0.3) is 0 Å². The summed E-state index contributed by atoms with van der Waals surface area (Å²) in [5.41, 5.74) is 1.11. The quantitative estimate of drug-likeness (QED) is 0.909. The topological polar surface area (TPSA) is 54.5 Å². The first-order valence-corrected chi connectivity index (χ1v) is 7.72. The van der Waals surface area contributed by atoms with Crippen LogP contribution in [0.15, 0.2) is 16.7 Å². The smallest absolute Gasteiger partial charge is 0.245 e. The Labute approximate surface area is 126 Å². The van der Waals surface area contributed by atoms with Gasteiger partial charge in [-0.1, -0.05) is 0 Å². The van der Waals surface area contributed by atoms with Gasteiger partial charge in [0.1, 0.15) is 11.9 Å². The molecule has 108 valence electrons. The highest BCUT2D eigenvalue weighted by atomic mass is 79.9. The van der Waals surface area contributed by atoms with Gasteiger partial charge in [-0.05, 0) is 47.3 Å². The van der Waals surface area contributed by atoms with E-state index in [-0.39, 0.29) is 11.9 Å². The van der Waals surface area contributed by atoms with Crippen LogP contribution in [-0.2, 0) is 9.53 Å². The molecular weight excluding hydrogens is 322 g/mol. The van der Waals surface area contributed by atoms with Gasteiger partial charge in [-0.15, -0.1) is 0 Å². The minimum Gasteiger partial charge on any atom is -0.377 e. The van der Waals surface area contributed by atoms with E-state index in [2.05, 4.69) is 26.2 Å². The van der Waals surface area contributed by atoms with E-state index in [1.807, 2.05) is 17.9 Å². The molecule has 1 saturated heterocycles. The fourth-order valence-electron chi connectivity index (χ4n) is 2.33. The Balaban J connectivity index is 1.84. The SMILES string of the molecule is Cc1ccnc(N2CCOCC2C(=O)NC2CC2)c1Br. The van der Waals surface area contributed by atoms with Gasteiger partial charge in [-0.25, -0.2) is 4.98 Å². The van der Waals surface area contributed by atoms with Crippen molar-refractivity contribution in [2.75, 3.05) is 24.7 Å². The van der Waals surface area contributed by atoms with E-state index in [0.717, 1.165) is 28.7 Å². The van der Waals surface area contributed by atoms with Crippen LogP contribution in [0, 0.1) is 6.92 Å². The summed E-state index contributed by atoms with van der Waals surface area (Å²) in [6, 6.07) is 2.02. The van der Waals surface area contributed by atoms with Crippen molar-refractivity contribution in [1.82, 2.24) is 10.3 Å². The molecule has 1 unspecified atom stereocenters. The summed E-state index contributed by atoms with van der Waals surface area (Å²) in [7, 11) is 0. The molecule has 1 saturated carbocycles. The minimum absolute atomic E-state index is 0.0439. The van der Waals surface area contributed by atoms with Gasteiger partial charge in [0, 0.05) is 18.8 Å². The predicted octanol–water partition coefficient (Wildman–Crippen LogP) is 1.64. The summed E-state index contributed by atoms with van der Waals surface area (Å²) in [5.74, 6) is 0.867. The molecule has 1 aliphatic heterocycles. The maximum Gasteiger partial charge on any atom is 0.245 e.